The molecule has 2 rings (SSSR count). The number of hydrogen-bond donors (Lipinski definition) is 2. The van der Waals surface area contributed by atoms with E-state index in [9.17, 15) is 9.59 Å². The van der Waals surface area contributed by atoms with Crippen LogP contribution in [0.4, 0.5) is 0 Å². The third kappa shape index (κ3) is 6.79. The van der Waals surface area contributed by atoms with E-state index in [0.29, 0.717) is 39.3 Å². The molecule has 0 atom stereocenters. The van der Waals surface area contributed by atoms with E-state index in [1.165, 1.54) is 12.3 Å². The summed E-state index contributed by atoms with van der Waals surface area (Å²) in [5, 5.41) is 7.15. The number of hydrogen-bond acceptors (Lipinski definition) is 5. The van der Waals surface area contributed by atoms with Crippen molar-refractivity contribution in [2.24, 2.45) is 5.10 Å². The minimum atomic E-state index is -0.880. The van der Waals surface area contributed by atoms with Crippen LogP contribution in [0.5, 0.6) is 11.5 Å². The Morgan fingerprint density at radius 3 is 2.50 bits per heavy atom. The first-order valence-corrected chi connectivity index (χ1v) is 9.76. The normalized spacial score (nSPS) is 10.5. The van der Waals surface area contributed by atoms with Crippen LogP contribution < -0.4 is 20.2 Å². The van der Waals surface area contributed by atoms with Crippen LogP contribution in [-0.2, 0) is 16.2 Å². The smallest absolute Gasteiger partial charge is 0.329 e. The number of amides is 2. The van der Waals surface area contributed by atoms with Crippen molar-refractivity contribution in [1.29, 1.82) is 0 Å². The number of hydrazone groups is 1. The Balaban J connectivity index is 2.06. The highest BCUT2D eigenvalue weighted by atomic mass is 35.5. The predicted molar refractivity (Wildman–Crippen MR) is 117 cm³/mol. The zero-order valence-electron chi connectivity index (χ0n) is 16.3. The first-order valence-electron chi connectivity index (χ1n) is 9.01. The molecule has 0 radical (unpaired) electrons. The lowest BCUT2D eigenvalue weighted by Crippen LogP contribution is -2.37. The highest BCUT2D eigenvalue weighted by molar-refractivity contribution is 6.36. The van der Waals surface area contributed by atoms with Gasteiger partial charge in [0.25, 0.3) is 0 Å². The maximum Gasteiger partial charge on any atom is 0.329 e. The Kier molecular flexibility index (Phi) is 9.18. The van der Waals surface area contributed by atoms with Crippen LogP contribution in [0.25, 0.3) is 0 Å². The third-order valence-electron chi connectivity index (χ3n) is 3.69. The second-order valence-electron chi connectivity index (χ2n) is 5.83. The molecule has 2 aromatic carbocycles. The van der Waals surface area contributed by atoms with Crippen molar-refractivity contribution in [1.82, 2.24) is 10.7 Å². The lowest BCUT2D eigenvalue weighted by molar-refractivity contribution is -0.139. The van der Waals surface area contributed by atoms with Gasteiger partial charge >= 0.3 is 11.8 Å². The molecule has 0 aromatic heterocycles. The molecule has 0 saturated heterocycles. The highest BCUT2D eigenvalue weighted by Gasteiger charge is 2.12. The average molecular weight is 450 g/mol. The fraction of sp³-hybridized carbons (Fsp3) is 0.190. The molecule has 2 amide bonds. The molecular formula is C21H21Cl2N3O4. The largest absolute Gasteiger partial charge is 0.490 e. The van der Waals surface area contributed by atoms with Gasteiger partial charge in [-0.1, -0.05) is 35.3 Å². The molecule has 0 aliphatic heterocycles. The lowest BCUT2D eigenvalue weighted by Gasteiger charge is -2.14. The number of benzene rings is 2. The number of carbonyl (C=O) groups excluding carboxylic acids is 2. The van der Waals surface area contributed by atoms with Gasteiger partial charge < -0.3 is 14.8 Å². The maximum atomic E-state index is 11.6. The molecule has 0 bridgehead atoms. The molecule has 0 unspecified atom stereocenters. The Hall–Kier alpha value is -3.03. The molecule has 158 valence electrons. The van der Waals surface area contributed by atoms with Gasteiger partial charge in [0.2, 0.25) is 0 Å². The number of nitrogens with one attached hydrogen (secondary N) is 2. The zero-order chi connectivity index (χ0) is 21.9. The Morgan fingerprint density at radius 2 is 1.83 bits per heavy atom. The Morgan fingerprint density at radius 1 is 1.10 bits per heavy atom. The van der Waals surface area contributed by atoms with Crippen molar-refractivity contribution >= 4 is 41.2 Å². The summed E-state index contributed by atoms with van der Waals surface area (Å²) in [5.41, 5.74) is 3.45. The highest BCUT2D eigenvalue weighted by Crippen LogP contribution is 2.31. The molecule has 7 nitrogen and oxygen atoms in total. The fourth-order valence-electron chi connectivity index (χ4n) is 2.27. The van der Waals surface area contributed by atoms with Crippen molar-refractivity contribution in [3.8, 4) is 11.5 Å². The molecular weight excluding hydrogens is 429 g/mol. The van der Waals surface area contributed by atoms with E-state index in [-0.39, 0.29) is 13.2 Å². The summed E-state index contributed by atoms with van der Waals surface area (Å²) in [7, 11) is 0. The number of carbonyl (C=O) groups is 2. The summed E-state index contributed by atoms with van der Waals surface area (Å²) in [6, 6.07) is 10.4. The van der Waals surface area contributed by atoms with E-state index in [1.54, 1.807) is 36.4 Å². The lowest BCUT2D eigenvalue weighted by atomic mass is 10.2. The predicted octanol–water partition coefficient (Wildman–Crippen LogP) is 3.72. The van der Waals surface area contributed by atoms with Gasteiger partial charge in [0.1, 0.15) is 6.61 Å². The van der Waals surface area contributed by atoms with Crippen molar-refractivity contribution in [2.45, 2.75) is 13.5 Å². The van der Waals surface area contributed by atoms with Crippen molar-refractivity contribution < 1.29 is 19.1 Å². The first kappa shape index (κ1) is 23.3. The monoisotopic (exact) mass is 449 g/mol. The van der Waals surface area contributed by atoms with Crippen LogP contribution in [0.3, 0.4) is 0 Å². The van der Waals surface area contributed by atoms with Gasteiger partial charge in [-0.3, -0.25) is 9.59 Å². The van der Waals surface area contributed by atoms with Crippen LogP contribution in [0.2, 0.25) is 10.0 Å². The van der Waals surface area contributed by atoms with Gasteiger partial charge in [-0.25, -0.2) is 5.43 Å². The standard InChI is InChI=1S/C21H21Cl2N3O4/c1-3-10-24-20(27)21(28)26-25-12-14-8-9-18(19(11-14)29-4-2)30-13-15-16(22)6-5-7-17(15)23/h3,5-9,11-12H,1,4,10,13H2,2H3,(H,24,27)(H,26,28)/b25-12-. The average Bonchev–Trinajstić information content (AvgIpc) is 2.73. The summed E-state index contributed by atoms with van der Waals surface area (Å²) in [6.07, 6.45) is 2.85. The number of ether oxygens (including phenoxy) is 2. The van der Waals surface area contributed by atoms with Crippen LogP contribution >= 0.6 is 23.2 Å². The van der Waals surface area contributed by atoms with Gasteiger partial charge in [-0.05, 0) is 42.8 Å². The minimum Gasteiger partial charge on any atom is -0.490 e. The first-order chi connectivity index (χ1) is 14.5. The number of rotatable bonds is 9. The molecule has 0 fully saturated rings. The minimum absolute atomic E-state index is 0.169. The molecule has 0 aliphatic rings. The molecule has 2 aromatic rings. The Labute approximate surface area is 184 Å². The summed E-state index contributed by atoms with van der Waals surface area (Å²) >= 11 is 12.3. The van der Waals surface area contributed by atoms with Crippen LogP contribution in [0.1, 0.15) is 18.1 Å². The van der Waals surface area contributed by atoms with Crippen molar-refractivity contribution in [3.63, 3.8) is 0 Å². The summed E-state index contributed by atoms with van der Waals surface area (Å²) in [6.45, 7) is 6.07. The quantitative estimate of drug-likeness (QED) is 0.264. The summed E-state index contributed by atoms with van der Waals surface area (Å²) < 4.78 is 11.5. The van der Waals surface area contributed by atoms with Crippen molar-refractivity contribution in [2.75, 3.05) is 13.2 Å². The third-order valence-corrected chi connectivity index (χ3v) is 4.40. The van der Waals surface area contributed by atoms with Gasteiger partial charge in [0, 0.05) is 22.2 Å². The molecule has 30 heavy (non-hydrogen) atoms. The molecule has 9 heteroatoms. The second kappa shape index (κ2) is 11.8. The van der Waals surface area contributed by atoms with Crippen LogP contribution in [-0.4, -0.2) is 31.2 Å². The van der Waals surface area contributed by atoms with E-state index in [0.717, 1.165) is 0 Å². The maximum absolute atomic E-state index is 11.6. The molecule has 2 N–H and O–H groups in total. The molecule has 0 saturated carbocycles. The van der Waals surface area contributed by atoms with E-state index >= 15 is 0 Å². The SMILES string of the molecule is C=CCNC(=O)C(=O)N/N=C\c1ccc(OCc2c(Cl)cccc2Cl)c(OCC)c1. The van der Waals surface area contributed by atoms with Gasteiger partial charge in [0.05, 0.1) is 12.8 Å². The van der Waals surface area contributed by atoms with E-state index in [2.05, 4.69) is 22.4 Å². The van der Waals surface area contributed by atoms with Gasteiger partial charge in [0.15, 0.2) is 11.5 Å². The molecule has 0 spiro atoms. The van der Waals surface area contributed by atoms with Crippen molar-refractivity contribution in [3.05, 3.63) is 70.2 Å². The summed E-state index contributed by atoms with van der Waals surface area (Å²) in [4.78, 5) is 23.1. The Bertz CT molecular complexity index is 928. The number of nitrogens with zero attached hydrogens (tertiary/aromatic N) is 1. The van der Waals surface area contributed by atoms with E-state index in [1.807, 2.05) is 6.92 Å². The van der Waals surface area contributed by atoms with Gasteiger partial charge in [-0.2, -0.15) is 5.10 Å². The second-order valence-corrected chi connectivity index (χ2v) is 6.64. The summed E-state index contributed by atoms with van der Waals surface area (Å²) in [5.74, 6) is -0.698. The van der Waals surface area contributed by atoms with Crippen LogP contribution in [0.15, 0.2) is 54.2 Å². The topological polar surface area (TPSA) is 89.0 Å². The molecule has 0 heterocycles. The van der Waals surface area contributed by atoms with E-state index in [4.69, 9.17) is 32.7 Å². The van der Waals surface area contributed by atoms with E-state index < -0.39 is 11.8 Å². The fourth-order valence-corrected chi connectivity index (χ4v) is 2.78. The van der Waals surface area contributed by atoms with Gasteiger partial charge in [-0.15, -0.1) is 6.58 Å². The van der Waals surface area contributed by atoms with Crippen LogP contribution in [0, 0.1) is 0 Å². The number of halogens is 2. The molecule has 0 aliphatic carbocycles. The zero-order valence-corrected chi connectivity index (χ0v) is 17.8.